The summed E-state index contributed by atoms with van der Waals surface area (Å²) in [6, 6.07) is 1.75. The van der Waals surface area contributed by atoms with Gasteiger partial charge in [-0.25, -0.2) is 0 Å². The van der Waals surface area contributed by atoms with Crippen LogP contribution in [-0.2, 0) is 6.54 Å². The molecule has 2 aromatic heterocycles. The van der Waals surface area contributed by atoms with Gasteiger partial charge < -0.3 is 5.73 Å². The lowest BCUT2D eigenvalue weighted by Crippen LogP contribution is -2.16. The summed E-state index contributed by atoms with van der Waals surface area (Å²) in [7, 11) is 0. The van der Waals surface area contributed by atoms with E-state index in [1.54, 1.807) is 17.5 Å². The van der Waals surface area contributed by atoms with Crippen LogP contribution in [0.2, 0.25) is 5.02 Å². The number of aryl methyl sites for hydroxylation is 1. The van der Waals surface area contributed by atoms with Crippen molar-refractivity contribution in [3.63, 3.8) is 0 Å². The number of nitrogens with zero attached hydrogens (tertiary/aromatic N) is 2. The van der Waals surface area contributed by atoms with Crippen molar-refractivity contribution in [3.05, 3.63) is 36.1 Å². The van der Waals surface area contributed by atoms with Crippen molar-refractivity contribution in [2.75, 3.05) is 0 Å². The predicted octanol–water partition coefficient (Wildman–Crippen LogP) is 4.19. The largest absolute Gasteiger partial charge is 0.318 e. The molecule has 0 saturated carbocycles. The second kappa shape index (κ2) is 5.40. The third-order valence-corrected chi connectivity index (χ3v) is 6.03. The number of hydrogen-bond donors (Lipinski definition) is 1. The van der Waals surface area contributed by atoms with Gasteiger partial charge in [-0.15, -0.1) is 11.3 Å². The zero-order valence-corrected chi connectivity index (χ0v) is 13.7. The standard InChI is InChI=1S/C10H10Br2ClN3S/c1-2-16-9(6(13)4-15-16)8(14)7-3-5(11)10(12)17-7/h3-4,8H,2,14H2,1H3. The molecule has 2 rings (SSSR count). The summed E-state index contributed by atoms with van der Waals surface area (Å²) in [6.07, 6.45) is 1.64. The fraction of sp³-hybridized carbons (Fsp3) is 0.300. The predicted molar refractivity (Wildman–Crippen MR) is 78.7 cm³/mol. The Kier molecular flexibility index (Phi) is 4.31. The van der Waals surface area contributed by atoms with Gasteiger partial charge in [-0.3, -0.25) is 4.68 Å². The van der Waals surface area contributed by atoms with Gasteiger partial charge in [0.2, 0.25) is 0 Å². The molecule has 0 aromatic carbocycles. The molecule has 2 heterocycles. The van der Waals surface area contributed by atoms with Crippen LogP contribution in [0.1, 0.15) is 23.5 Å². The van der Waals surface area contributed by atoms with Crippen LogP contribution in [0.3, 0.4) is 0 Å². The molecule has 0 bridgehead atoms. The molecule has 0 amide bonds. The summed E-state index contributed by atoms with van der Waals surface area (Å²) >= 11 is 14.6. The molecule has 0 aliphatic carbocycles. The normalized spacial score (nSPS) is 13.0. The van der Waals surface area contributed by atoms with Crippen LogP contribution >= 0.6 is 54.8 Å². The molecule has 0 aliphatic heterocycles. The molecule has 0 aliphatic rings. The van der Waals surface area contributed by atoms with Gasteiger partial charge in [0.05, 0.1) is 26.7 Å². The van der Waals surface area contributed by atoms with Gasteiger partial charge in [-0.05, 0) is 44.8 Å². The second-order valence-electron chi connectivity index (χ2n) is 3.44. The summed E-state index contributed by atoms with van der Waals surface area (Å²) in [6.45, 7) is 2.77. The molecule has 1 unspecified atom stereocenters. The van der Waals surface area contributed by atoms with Crippen LogP contribution < -0.4 is 5.73 Å². The van der Waals surface area contributed by atoms with Crippen molar-refractivity contribution >= 4 is 54.8 Å². The highest BCUT2D eigenvalue weighted by molar-refractivity contribution is 9.13. The minimum atomic E-state index is -0.252. The van der Waals surface area contributed by atoms with Crippen LogP contribution in [0.4, 0.5) is 0 Å². The topological polar surface area (TPSA) is 43.8 Å². The second-order valence-corrected chi connectivity index (χ2v) is 7.10. The zero-order valence-electron chi connectivity index (χ0n) is 8.95. The molecule has 7 heteroatoms. The number of halogens is 3. The maximum atomic E-state index is 6.24. The molecule has 0 saturated heterocycles. The van der Waals surface area contributed by atoms with E-state index in [0.717, 1.165) is 25.4 Å². The van der Waals surface area contributed by atoms with Crippen LogP contribution in [0, 0.1) is 0 Å². The molecule has 2 aromatic rings. The molecular formula is C10H10Br2ClN3S. The molecule has 17 heavy (non-hydrogen) atoms. The average Bonchev–Trinajstić information content (AvgIpc) is 2.82. The van der Waals surface area contributed by atoms with Gasteiger partial charge in [0.25, 0.3) is 0 Å². The van der Waals surface area contributed by atoms with Gasteiger partial charge in [-0.2, -0.15) is 5.10 Å². The number of hydrogen-bond acceptors (Lipinski definition) is 3. The quantitative estimate of drug-likeness (QED) is 0.841. The Morgan fingerprint density at radius 3 is 2.82 bits per heavy atom. The van der Waals surface area contributed by atoms with E-state index in [1.165, 1.54) is 0 Å². The van der Waals surface area contributed by atoms with E-state index in [2.05, 4.69) is 37.0 Å². The van der Waals surface area contributed by atoms with Gasteiger partial charge in [0.15, 0.2) is 0 Å². The Bertz CT molecular complexity index is 518. The first-order valence-electron chi connectivity index (χ1n) is 4.96. The Labute approximate surface area is 125 Å². The molecule has 0 spiro atoms. The maximum Gasteiger partial charge on any atom is 0.0843 e. The van der Waals surface area contributed by atoms with E-state index >= 15 is 0 Å². The number of thiophene rings is 1. The summed E-state index contributed by atoms with van der Waals surface area (Å²) in [5.41, 5.74) is 7.10. The van der Waals surface area contributed by atoms with Crippen molar-refractivity contribution in [2.24, 2.45) is 5.73 Å². The highest BCUT2D eigenvalue weighted by atomic mass is 79.9. The molecule has 92 valence electrons. The minimum Gasteiger partial charge on any atom is -0.318 e. The Morgan fingerprint density at radius 1 is 1.59 bits per heavy atom. The number of aromatic nitrogens is 2. The lowest BCUT2D eigenvalue weighted by atomic mass is 10.2. The first-order valence-corrected chi connectivity index (χ1v) is 7.74. The smallest absolute Gasteiger partial charge is 0.0843 e. The van der Waals surface area contributed by atoms with Gasteiger partial charge in [-0.1, -0.05) is 11.6 Å². The lowest BCUT2D eigenvalue weighted by Gasteiger charge is -2.12. The first-order chi connectivity index (χ1) is 8.04. The van der Waals surface area contributed by atoms with Gasteiger partial charge >= 0.3 is 0 Å². The minimum absolute atomic E-state index is 0.252. The summed E-state index contributed by atoms with van der Waals surface area (Å²) in [5.74, 6) is 0. The van der Waals surface area contributed by atoms with Crippen molar-refractivity contribution in [1.82, 2.24) is 9.78 Å². The molecule has 0 radical (unpaired) electrons. The van der Waals surface area contributed by atoms with Crippen LogP contribution in [0.25, 0.3) is 0 Å². The average molecular weight is 400 g/mol. The number of rotatable bonds is 3. The van der Waals surface area contributed by atoms with E-state index in [9.17, 15) is 0 Å². The van der Waals surface area contributed by atoms with Crippen LogP contribution in [-0.4, -0.2) is 9.78 Å². The molecule has 2 N–H and O–H groups in total. The van der Waals surface area contributed by atoms with E-state index < -0.39 is 0 Å². The highest BCUT2D eigenvalue weighted by Crippen LogP contribution is 2.38. The van der Waals surface area contributed by atoms with Gasteiger partial charge in [0, 0.05) is 15.9 Å². The van der Waals surface area contributed by atoms with Crippen molar-refractivity contribution in [2.45, 2.75) is 19.5 Å². The molecule has 1 atom stereocenters. The number of nitrogens with two attached hydrogens (primary N) is 1. The molecule has 0 fully saturated rings. The Hall–Kier alpha value is 0.120. The Balaban J connectivity index is 2.42. The molecule has 3 nitrogen and oxygen atoms in total. The maximum absolute atomic E-state index is 6.24. The van der Waals surface area contributed by atoms with Crippen molar-refractivity contribution < 1.29 is 0 Å². The summed E-state index contributed by atoms with van der Waals surface area (Å²) in [4.78, 5) is 1.04. The zero-order chi connectivity index (χ0) is 12.6. The fourth-order valence-corrected chi connectivity index (χ4v) is 3.94. The lowest BCUT2D eigenvalue weighted by molar-refractivity contribution is 0.603. The van der Waals surface area contributed by atoms with Crippen molar-refractivity contribution in [3.8, 4) is 0 Å². The highest BCUT2D eigenvalue weighted by Gasteiger charge is 2.20. The Morgan fingerprint density at radius 2 is 2.29 bits per heavy atom. The van der Waals surface area contributed by atoms with E-state index in [4.69, 9.17) is 17.3 Å². The monoisotopic (exact) mass is 397 g/mol. The van der Waals surface area contributed by atoms with Gasteiger partial charge in [0.1, 0.15) is 0 Å². The van der Waals surface area contributed by atoms with Crippen LogP contribution in [0.5, 0.6) is 0 Å². The third-order valence-electron chi connectivity index (χ3n) is 2.40. The van der Waals surface area contributed by atoms with E-state index in [0.29, 0.717) is 5.02 Å². The van der Waals surface area contributed by atoms with Crippen molar-refractivity contribution in [1.29, 1.82) is 0 Å². The first kappa shape index (κ1) is 13.5. The van der Waals surface area contributed by atoms with E-state index in [-0.39, 0.29) is 6.04 Å². The third kappa shape index (κ3) is 2.61. The van der Waals surface area contributed by atoms with E-state index in [1.807, 2.05) is 17.7 Å². The SMILES string of the molecule is CCn1ncc(Cl)c1C(N)c1cc(Br)c(Br)s1. The molecular weight excluding hydrogens is 389 g/mol. The summed E-state index contributed by atoms with van der Waals surface area (Å²) in [5, 5.41) is 4.81. The fourth-order valence-electron chi connectivity index (χ4n) is 1.58. The van der Waals surface area contributed by atoms with Crippen LogP contribution in [0.15, 0.2) is 20.5 Å². The summed E-state index contributed by atoms with van der Waals surface area (Å²) < 4.78 is 3.86.